The van der Waals surface area contributed by atoms with Crippen LogP contribution in [0.4, 0.5) is 0 Å². The SMILES string of the molecule is O=C1C(=O)[N+]([S-])=NN=C1[O-]. The van der Waals surface area contributed by atoms with Gasteiger partial charge in [0.15, 0.2) is 5.90 Å². The Morgan fingerprint density at radius 3 is 2.60 bits per heavy atom. The first-order valence-electron chi connectivity index (χ1n) is 2.14. The smallest absolute Gasteiger partial charge is 0.387 e. The molecule has 0 fully saturated rings. The van der Waals surface area contributed by atoms with Crippen LogP contribution in [-0.2, 0) is 22.4 Å². The van der Waals surface area contributed by atoms with Gasteiger partial charge in [0, 0.05) is 0 Å². The molecule has 0 saturated carbocycles. The maximum Gasteiger partial charge on any atom is 0.387 e. The van der Waals surface area contributed by atoms with Crippen molar-refractivity contribution in [3.05, 3.63) is 0 Å². The number of amides is 1. The van der Waals surface area contributed by atoms with E-state index in [0.717, 1.165) is 0 Å². The molecular formula is C3N3O3S-. The highest BCUT2D eigenvalue weighted by molar-refractivity contribution is 7.52. The van der Waals surface area contributed by atoms with Crippen LogP contribution >= 0.6 is 0 Å². The molecule has 0 spiro atoms. The highest BCUT2D eigenvalue weighted by atomic mass is 32.1. The normalized spacial score (nSPS) is 18.4. The van der Waals surface area contributed by atoms with Crippen molar-refractivity contribution in [3.63, 3.8) is 0 Å². The zero-order valence-electron chi connectivity index (χ0n) is 4.47. The van der Waals surface area contributed by atoms with E-state index in [0.29, 0.717) is 4.10 Å². The zero-order chi connectivity index (χ0) is 7.72. The van der Waals surface area contributed by atoms with Gasteiger partial charge in [-0.2, -0.15) is 4.10 Å². The summed E-state index contributed by atoms with van der Waals surface area (Å²) in [5.74, 6) is -3.55. The number of ketones is 1. The molecular weight excluding hydrogens is 158 g/mol. The molecule has 52 valence electrons. The number of nitrogens with zero attached hydrogens (tertiary/aromatic N) is 3. The maximum absolute atomic E-state index is 10.4. The van der Waals surface area contributed by atoms with E-state index in [2.05, 4.69) is 23.1 Å². The van der Waals surface area contributed by atoms with Crippen molar-refractivity contribution >= 4 is 30.4 Å². The van der Waals surface area contributed by atoms with Gasteiger partial charge in [-0.15, -0.1) is 0 Å². The van der Waals surface area contributed by atoms with Gasteiger partial charge in [0.2, 0.25) is 0 Å². The summed E-state index contributed by atoms with van der Waals surface area (Å²) in [6.07, 6.45) is 0. The quantitative estimate of drug-likeness (QED) is 0.225. The van der Waals surface area contributed by atoms with Crippen LogP contribution in [-0.4, -0.2) is 21.7 Å². The van der Waals surface area contributed by atoms with E-state index in [4.69, 9.17) is 0 Å². The first kappa shape index (κ1) is 6.75. The van der Waals surface area contributed by atoms with Gasteiger partial charge in [-0.3, -0.25) is 4.79 Å². The third kappa shape index (κ3) is 0.860. The van der Waals surface area contributed by atoms with E-state index in [9.17, 15) is 14.7 Å². The molecule has 0 aromatic rings. The fourth-order valence-electron chi connectivity index (χ4n) is 0.346. The van der Waals surface area contributed by atoms with Crippen molar-refractivity contribution < 1.29 is 18.8 Å². The summed E-state index contributed by atoms with van der Waals surface area (Å²) in [5, 5.41) is 15.9. The van der Waals surface area contributed by atoms with Crippen LogP contribution in [0.1, 0.15) is 0 Å². The van der Waals surface area contributed by atoms with Gasteiger partial charge in [0.25, 0.3) is 0 Å². The monoisotopic (exact) mass is 158 g/mol. The van der Waals surface area contributed by atoms with E-state index in [1.165, 1.54) is 0 Å². The van der Waals surface area contributed by atoms with Gasteiger partial charge >= 0.3 is 11.7 Å². The summed E-state index contributed by atoms with van der Waals surface area (Å²) in [6.45, 7) is 0. The van der Waals surface area contributed by atoms with Gasteiger partial charge < -0.3 is 17.9 Å². The average Bonchev–Trinajstić information content (AvgIpc) is 1.93. The molecule has 0 unspecified atom stereocenters. The van der Waals surface area contributed by atoms with E-state index in [-0.39, 0.29) is 0 Å². The molecule has 1 heterocycles. The maximum atomic E-state index is 10.4. The Bertz CT molecular complexity index is 232. The van der Waals surface area contributed by atoms with Crippen LogP contribution in [0.3, 0.4) is 0 Å². The fraction of sp³-hybridized carbons (Fsp3) is 0. The Hall–Kier alpha value is -1.37. The van der Waals surface area contributed by atoms with Crippen molar-refractivity contribution in [2.24, 2.45) is 10.3 Å². The Labute approximate surface area is 60.4 Å². The molecule has 1 rings (SSSR count). The second kappa shape index (κ2) is 2.10. The largest absolute Gasteiger partial charge is 0.834 e. The number of hydrogen-bond donors (Lipinski definition) is 0. The van der Waals surface area contributed by atoms with E-state index in [1.807, 2.05) is 0 Å². The minimum absolute atomic E-state index is 0.295. The molecule has 0 saturated heterocycles. The first-order valence-corrected chi connectivity index (χ1v) is 2.51. The third-order valence-electron chi connectivity index (χ3n) is 0.779. The molecule has 10 heavy (non-hydrogen) atoms. The Morgan fingerprint density at radius 2 is 2.10 bits per heavy atom. The summed E-state index contributed by atoms with van der Waals surface area (Å²) >= 11 is 4.19. The van der Waals surface area contributed by atoms with E-state index in [1.54, 1.807) is 0 Å². The summed E-state index contributed by atoms with van der Waals surface area (Å²) in [5.41, 5.74) is 0. The molecule has 0 bridgehead atoms. The predicted molar refractivity (Wildman–Crippen MR) is 27.5 cm³/mol. The Kier molecular flexibility index (Phi) is 1.42. The Balaban J connectivity index is 3.09. The highest BCUT2D eigenvalue weighted by Crippen LogP contribution is 1.90. The molecule has 1 amide bonds. The summed E-state index contributed by atoms with van der Waals surface area (Å²) in [4.78, 5) is 20.8. The van der Waals surface area contributed by atoms with Gasteiger partial charge in [-0.25, -0.2) is 4.79 Å². The minimum atomic E-state index is -1.25. The molecule has 0 aliphatic carbocycles. The molecule has 0 atom stereocenters. The lowest BCUT2D eigenvalue weighted by atomic mass is 10.4. The molecule has 1 aliphatic rings. The lowest BCUT2D eigenvalue weighted by molar-refractivity contribution is -0.354. The molecule has 0 aromatic carbocycles. The standard InChI is InChI=1S/C3HN3O3S/c7-1-2(8)4-5-6(10)3(1)9/h(H,4,8)/p-1. The molecule has 1 aliphatic heterocycles. The van der Waals surface area contributed by atoms with Crippen molar-refractivity contribution in [1.29, 1.82) is 0 Å². The summed E-state index contributed by atoms with van der Waals surface area (Å²) < 4.78 is 0.295. The van der Waals surface area contributed by atoms with Gasteiger partial charge in [-0.05, 0) is 0 Å². The lowest BCUT2D eigenvalue weighted by Crippen LogP contribution is -2.40. The minimum Gasteiger partial charge on any atom is -0.834 e. The topological polar surface area (TPSA) is 84.9 Å². The number of hydrogen-bond acceptors (Lipinski definition) is 6. The summed E-state index contributed by atoms with van der Waals surface area (Å²) in [7, 11) is 0. The molecule has 0 aromatic heterocycles. The number of rotatable bonds is 0. The third-order valence-corrected chi connectivity index (χ3v) is 1.02. The Morgan fingerprint density at radius 1 is 1.50 bits per heavy atom. The summed E-state index contributed by atoms with van der Waals surface area (Å²) in [6, 6.07) is 0. The van der Waals surface area contributed by atoms with Gasteiger partial charge in [0.05, 0.1) is 5.10 Å². The van der Waals surface area contributed by atoms with Crippen LogP contribution < -0.4 is 5.11 Å². The highest BCUT2D eigenvalue weighted by Gasteiger charge is 2.24. The molecule has 6 nitrogen and oxygen atoms in total. The number of carbonyl (C=O) groups is 2. The zero-order valence-corrected chi connectivity index (χ0v) is 5.29. The van der Waals surface area contributed by atoms with Crippen LogP contribution in [0, 0.1) is 0 Å². The van der Waals surface area contributed by atoms with E-state index >= 15 is 0 Å². The second-order valence-electron chi connectivity index (χ2n) is 1.40. The van der Waals surface area contributed by atoms with Crippen LogP contribution in [0.25, 0.3) is 0 Å². The van der Waals surface area contributed by atoms with Crippen LogP contribution in [0.15, 0.2) is 10.3 Å². The van der Waals surface area contributed by atoms with Crippen molar-refractivity contribution in [2.75, 3.05) is 0 Å². The average molecular weight is 158 g/mol. The molecule has 7 heteroatoms. The van der Waals surface area contributed by atoms with Crippen LogP contribution in [0.5, 0.6) is 0 Å². The molecule has 0 N–H and O–H groups in total. The van der Waals surface area contributed by atoms with Crippen molar-refractivity contribution in [1.82, 2.24) is 0 Å². The van der Waals surface area contributed by atoms with Gasteiger partial charge in [0.1, 0.15) is 5.22 Å². The number of Topliss-reactive ketones (excluding diaryl/α,β-unsaturated/α-hetero) is 1. The number of carbonyl (C=O) groups excluding carboxylic acids is 2. The lowest BCUT2D eigenvalue weighted by Gasteiger charge is -2.06. The second-order valence-corrected chi connectivity index (χ2v) is 1.75. The van der Waals surface area contributed by atoms with Crippen molar-refractivity contribution in [2.45, 2.75) is 0 Å². The van der Waals surface area contributed by atoms with Crippen molar-refractivity contribution in [3.8, 4) is 0 Å². The molecule has 0 radical (unpaired) electrons. The van der Waals surface area contributed by atoms with Crippen LogP contribution in [0.2, 0.25) is 0 Å². The van der Waals surface area contributed by atoms with Gasteiger partial charge in [-0.1, -0.05) is 0 Å². The fourth-order valence-corrected chi connectivity index (χ4v) is 0.465. The predicted octanol–water partition coefficient (Wildman–Crippen LogP) is -2.30. The first-order chi connectivity index (χ1) is 4.63. The van der Waals surface area contributed by atoms with E-state index < -0.39 is 17.6 Å².